The second-order valence-corrected chi connectivity index (χ2v) is 8.07. The molecule has 36 heavy (non-hydrogen) atoms. The molecule has 0 aromatic heterocycles. The average molecular weight is 495 g/mol. The predicted octanol–water partition coefficient (Wildman–Crippen LogP) is 5.14. The molecule has 0 N–H and O–H groups in total. The number of carbonyl (C=O) groups excluding carboxylic acids is 1. The maximum Gasteiger partial charge on any atom is 0.333 e. The van der Waals surface area contributed by atoms with Crippen LogP contribution in [-0.2, 0) is 19.0 Å². The van der Waals surface area contributed by atoms with Crippen LogP contribution in [0, 0.1) is 6.92 Å². The van der Waals surface area contributed by atoms with Gasteiger partial charge in [-0.2, -0.15) is 0 Å². The number of esters is 1. The first-order valence-corrected chi connectivity index (χ1v) is 12.0. The van der Waals surface area contributed by atoms with E-state index in [1.807, 2.05) is 67.6 Å². The van der Waals surface area contributed by atoms with Gasteiger partial charge >= 0.3 is 5.97 Å². The SMILES string of the molecule is C=C(C)C(=O)OCCOCCOCCOc1c(C)cc(OCCOc2ccccc2)c2ccccc12. The lowest BCUT2D eigenvalue weighted by molar-refractivity contribution is -0.140. The summed E-state index contributed by atoms with van der Waals surface area (Å²) in [5, 5.41) is 1.98. The molecule has 3 rings (SSSR count). The molecule has 0 atom stereocenters. The van der Waals surface area contributed by atoms with Crippen molar-refractivity contribution in [3.63, 3.8) is 0 Å². The van der Waals surface area contributed by atoms with Crippen molar-refractivity contribution in [1.29, 1.82) is 0 Å². The predicted molar refractivity (Wildman–Crippen MR) is 139 cm³/mol. The van der Waals surface area contributed by atoms with E-state index in [1.54, 1.807) is 6.92 Å². The summed E-state index contributed by atoms with van der Waals surface area (Å²) in [6, 6.07) is 19.7. The summed E-state index contributed by atoms with van der Waals surface area (Å²) in [5.74, 6) is 2.03. The van der Waals surface area contributed by atoms with Gasteiger partial charge in [-0.05, 0) is 37.6 Å². The lowest BCUT2D eigenvalue weighted by Gasteiger charge is -2.16. The van der Waals surface area contributed by atoms with Crippen LogP contribution in [0.5, 0.6) is 17.2 Å². The Labute approximate surface area is 212 Å². The van der Waals surface area contributed by atoms with Crippen LogP contribution in [-0.4, -0.2) is 58.8 Å². The highest BCUT2D eigenvalue weighted by Gasteiger charge is 2.12. The fourth-order valence-electron chi connectivity index (χ4n) is 3.43. The maximum atomic E-state index is 11.3. The molecule has 0 unspecified atom stereocenters. The van der Waals surface area contributed by atoms with Gasteiger partial charge in [0.25, 0.3) is 0 Å². The Balaban J connectivity index is 1.40. The van der Waals surface area contributed by atoms with Crippen LogP contribution in [0.1, 0.15) is 12.5 Å². The van der Waals surface area contributed by atoms with E-state index < -0.39 is 5.97 Å². The Morgan fingerprint density at radius 1 is 0.722 bits per heavy atom. The minimum atomic E-state index is -0.411. The molecule has 0 bridgehead atoms. The van der Waals surface area contributed by atoms with E-state index in [4.69, 9.17) is 28.4 Å². The summed E-state index contributed by atoms with van der Waals surface area (Å²) in [6.07, 6.45) is 0. The van der Waals surface area contributed by atoms with E-state index in [0.717, 1.165) is 33.6 Å². The van der Waals surface area contributed by atoms with Gasteiger partial charge in [0.1, 0.15) is 43.7 Å². The van der Waals surface area contributed by atoms with Crippen LogP contribution < -0.4 is 14.2 Å². The Kier molecular flexibility index (Phi) is 11.1. The molecule has 0 heterocycles. The number of rotatable bonds is 16. The van der Waals surface area contributed by atoms with Crippen molar-refractivity contribution in [3.05, 3.63) is 78.4 Å². The topological polar surface area (TPSA) is 72.5 Å². The van der Waals surface area contributed by atoms with Crippen LogP contribution in [0.3, 0.4) is 0 Å². The summed E-state index contributed by atoms with van der Waals surface area (Å²) < 4.78 is 33.8. The monoisotopic (exact) mass is 494 g/mol. The highest BCUT2D eigenvalue weighted by atomic mass is 16.6. The second-order valence-electron chi connectivity index (χ2n) is 8.07. The number of carbonyl (C=O) groups is 1. The van der Waals surface area contributed by atoms with Crippen LogP contribution in [0.4, 0.5) is 0 Å². The summed E-state index contributed by atoms with van der Waals surface area (Å²) in [4.78, 5) is 11.3. The van der Waals surface area contributed by atoms with Crippen molar-refractivity contribution in [2.24, 2.45) is 0 Å². The number of hydrogen-bond donors (Lipinski definition) is 0. The van der Waals surface area contributed by atoms with Crippen molar-refractivity contribution in [3.8, 4) is 17.2 Å². The molecular weight excluding hydrogens is 460 g/mol. The van der Waals surface area contributed by atoms with Crippen molar-refractivity contribution < 1.29 is 33.2 Å². The molecule has 0 fully saturated rings. The molecule has 0 radical (unpaired) electrons. The smallest absolute Gasteiger partial charge is 0.333 e. The fraction of sp³-hybridized carbons (Fsp3) is 0.345. The third-order valence-corrected chi connectivity index (χ3v) is 5.15. The first-order chi connectivity index (χ1) is 17.6. The molecule has 0 saturated carbocycles. The molecule has 3 aromatic rings. The standard InChI is InChI=1S/C29H34O7/c1-22(2)29(30)36-18-16-32-14-13-31-15-17-35-28-23(3)21-27(25-11-7-8-12-26(25)28)34-20-19-33-24-9-5-4-6-10-24/h4-12,21H,1,13-20H2,2-3H3. The molecule has 7 heteroatoms. The van der Waals surface area contributed by atoms with Gasteiger partial charge in [-0.25, -0.2) is 4.79 Å². The summed E-state index contributed by atoms with van der Waals surface area (Å²) >= 11 is 0. The van der Waals surface area contributed by atoms with Crippen LogP contribution in [0.25, 0.3) is 10.8 Å². The van der Waals surface area contributed by atoms with Crippen LogP contribution >= 0.6 is 0 Å². The van der Waals surface area contributed by atoms with Gasteiger partial charge in [-0.15, -0.1) is 0 Å². The Morgan fingerprint density at radius 2 is 1.31 bits per heavy atom. The van der Waals surface area contributed by atoms with Gasteiger partial charge in [0.2, 0.25) is 0 Å². The van der Waals surface area contributed by atoms with Crippen LogP contribution in [0.15, 0.2) is 72.8 Å². The largest absolute Gasteiger partial charge is 0.490 e. The number of aryl methyl sites for hydroxylation is 1. The van der Waals surface area contributed by atoms with Crippen LogP contribution in [0.2, 0.25) is 0 Å². The summed E-state index contributed by atoms with van der Waals surface area (Å²) in [5.41, 5.74) is 1.36. The van der Waals surface area contributed by atoms with Gasteiger partial charge in [0, 0.05) is 16.3 Å². The third kappa shape index (κ3) is 8.59. The zero-order valence-electron chi connectivity index (χ0n) is 21.0. The lowest BCUT2D eigenvalue weighted by Crippen LogP contribution is -2.14. The van der Waals surface area contributed by atoms with Gasteiger partial charge in [-0.1, -0.05) is 49.0 Å². The maximum absolute atomic E-state index is 11.3. The highest BCUT2D eigenvalue weighted by molar-refractivity contribution is 5.94. The molecule has 0 saturated heterocycles. The number of hydrogen-bond acceptors (Lipinski definition) is 7. The minimum Gasteiger partial charge on any atom is -0.490 e. The van der Waals surface area contributed by atoms with Crippen molar-refractivity contribution in [2.75, 3.05) is 52.9 Å². The van der Waals surface area contributed by atoms with Gasteiger partial charge < -0.3 is 28.4 Å². The van der Waals surface area contributed by atoms with Gasteiger partial charge in [-0.3, -0.25) is 0 Å². The number of fused-ring (bicyclic) bond motifs is 1. The molecule has 7 nitrogen and oxygen atoms in total. The van der Waals surface area contributed by atoms with Gasteiger partial charge in [0.15, 0.2) is 0 Å². The van der Waals surface area contributed by atoms with E-state index >= 15 is 0 Å². The Morgan fingerprint density at radius 3 is 2.03 bits per heavy atom. The van der Waals surface area contributed by atoms with Crippen molar-refractivity contribution >= 4 is 16.7 Å². The summed E-state index contributed by atoms with van der Waals surface area (Å²) in [7, 11) is 0. The molecule has 0 aliphatic carbocycles. The van der Waals surface area contributed by atoms with E-state index in [9.17, 15) is 4.79 Å². The second kappa shape index (κ2) is 14.8. The molecule has 0 aliphatic rings. The van der Waals surface area contributed by atoms with Gasteiger partial charge in [0.05, 0.1) is 26.4 Å². The van der Waals surface area contributed by atoms with Crippen molar-refractivity contribution in [1.82, 2.24) is 0 Å². The molecular formula is C29H34O7. The third-order valence-electron chi connectivity index (χ3n) is 5.15. The van der Waals surface area contributed by atoms with E-state index in [1.165, 1.54) is 0 Å². The first kappa shape index (κ1) is 27.0. The normalized spacial score (nSPS) is 10.7. The molecule has 0 amide bonds. The minimum absolute atomic E-state index is 0.195. The lowest BCUT2D eigenvalue weighted by atomic mass is 10.0. The zero-order chi connectivity index (χ0) is 25.6. The Hall–Kier alpha value is -3.55. The first-order valence-electron chi connectivity index (χ1n) is 12.0. The average Bonchev–Trinajstić information content (AvgIpc) is 2.89. The highest BCUT2D eigenvalue weighted by Crippen LogP contribution is 2.36. The quantitative estimate of drug-likeness (QED) is 0.155. The molecule has 192 valence electrons. The summed E-state index contributed by atoms with van der Waals surface area (Å²) in [6.45, 7) is 10.2. The Bertz CT molecular complexity index is 1110. The zero-order valence-corrected chi connectivity index (χ0v) is 21.0. The fourth-order valence-corrected chi connectivity index (χ4v) is 3.43. The number of ether oxygens (including phenoxy) is 6. The molecule has 0 spiro atoms. The van der Waals surface area contributed by atoms with Crippen molar-refractivity contribution in [2.45, 2.75) is 13.8 Å². The number of para-hydroxylation sites is 1. The molecule has 0 aliphatic heterocycles. The number of benzene rings is 3. The molecule has 3 aromatic carbocycles. The van der Waals surface area contributed by atoms with E-state index in [-0.39, 0.29) is 6.61 Å². The van der Waals surface area contributed by atoms with E-state index in [2.05, 4.69) is 6.58 Å². The van der Waals surface area contributed by atoms with E-state index in [0.29, 0.717) is 51.8 Å².